The van der Waals surface area contributed by atoms with Crippen LogP contribution in [0.15, 0.2) is 0 Å². The Kier molecular flexibility index (Phi) is 5.25. The lowest BCUT2D eigenvalue weighted by molar-refractivity contribution is 0.344. The summed E-state index contributed by atoms with van der Waals surface area (Å²) in [5, 5.41) is 3.53. The Hall–Kier alpha value is -0.0900. The molecular formula is C12H25NO2S. The zero-order valence-electron chi connectivity index (χ0n) is 10.7. The van der Waals surface area contributed by atoms with Crippen LogP contribution in [-0.4, -0.2) is 33.0 Å². The Morgan fingerprint density at radius 1 is 1.25 bits per heavy atom. The number of sulfone groups is 1. The van der Waals surface area contributed by atoms with Gasteiger partial charge in [-0.15, -0.1) is 0 Å². The summed E-state index contributed by atoms with van der Waals surface area (Å²) >= 11 is 0. The standard InChI is InChI=1S/C12H25NO2S/c1-10(5-4-8-16(3,14)15)11(2)9-13-12-6-7-12/h10-13H,4-9H2,1-3H3. The van der Waals surface area contributed by atoms with Crippen molar-refractivity contribution in [3.8, 4) is 0 Å². The van der Waals surface area contributed by atoms with Crippen LogP contribution in [0.3, 0.4) is 0 Å². The van der Waals surface area contributed by atoms with Crippen LogP contribution in [-0.2, 0) is 9.84 Å². The Bertz CT molecular complexity index is 296. The minimum atomic E-state index is -2.78. The van der Waals surface area contributed by atoms with Gasteiger partial charge in [-0.25, -0.2) is 8.42 Å². The van der Waals surface area contributed by atoms with Crippen LogP contribution in [0.1, 0.15) is 39.5 Å². The monoisotopic (exact) mass is 247 g/mol. The van der Waals surface area contributed by atoms with Gasteiger partial charge in [0.1, 0.15) is 9.84 Å². The molecule has 1 saturated carbocycles. The molecule has 0 amide bonds. The van der Waals surface area contributed by atoms with Gasteiger partial charge in [-0.05, 0) is 44.1 Å². The van der Waals surface area contributed by atoms with Gasteiger partial charge in [-0.3, -0.25) is 0 Å². The molecule has 0 saturated heterocycles. The van der Waals surface area contributed by atoms with Crippen LogP contribution in [0.4, 0.5) is 0 Å². The van der Waals surface area contributed by atoms with E-state index < -0.39 is 9.84 Å². The first-order valence-corrected chi connectivity index (χ1v) is 8.35. The lowest BCUT2D eigenvalue weighted by Gasteiger charge is -2.20. The van der Waals surface area contributed by atoms with Crippen LogP contribution in [0.2, 0.25) is 0 Å². The van der Waals surface area contributed by atoms with Gasteiger partial charge >= 0.3 is 0 Å². The van der Waals surface area contributed by atoms with Crippen molar-refractivity contribution in [3.05, 3.63) is 0 Å². The largest absolute Gasteiger partial charge is 0.314 e. The third-order valence-corrected chi connectivity index (χ3v) is 4.48. The molecule has 2 unspecified atom stereocenters. The molecule has 0 spiro atoms. The highest BCUT2D eigenvalue weighted by molar-refractivity contribution is 7.90. The molecule has 0 radical (unpaired) electrons. The summed E-state index contributed by atoms with van der Waals surface area (Å²) in [5.74, 6) is 1.58. The highest BCUT2D eigenvalue weighted by atomic mass is 32.2. The number of nitrogens with one attached hydrogen (secondary N) is 1. The lowest BCUT2D eigenvalue weighted by atomic mass is 9.92. The molecule has 1 N–H and O–H groups in total. The molecule has 96 valence electrons. The predicted octanol–water partition coefficient (Wildman–Crippen LogP) is 1.84. The minimum absolute atomic E-state index is 0.333. The molecule has 0 aromatic carbocycles. The van der Waals surface area contributed by atoms with Gasteiger partial charge in [0.15, 0.2) is 0 Å². The van der Waals surface area contributed by atoms with Crippen molar-refractivity contribution in [1.29, 1.82) is 0 Å². The predicted molar refractivity (Wildman–Crippen MR) is 68.3 cm³/mol. The first-order chi connectivity index (χ1) is 7.38. The molecular weight excluding hydrogens is 222 g/mol. The Balaban J connectivity index is 2.09. The smallest absolute Gasteiger partial charge is 0.147 e. The zero-order valence-corrected chi connectivity index (χ0v) is 11.5. The average Bonchev–Trinajstić information content (AvgIpc) is 2.95. The van der Waals surface area contributed by atoms with Crippen molar-refractivity contribution in [1.82, 2.24) is 5.32 Å². The fraction of sp³-hybridized carbons (Fsp3) is 1.00. The van der Waals surface area contributed by atoms with Gasteiger partial charge in [0.25, 0.3) is 0 Å². The molecule has 4 heteroatoms. The van der Waals surface area contributed by atoms with Crippen LogP contribution in [0, 0.1) is 11.8 Å². The van der Waals surface area contributed by atoms with E-state index in [1.165, 1.54) is 19.1 Å². The molecule has 1 rings (SSSR count). The van der Waals surface area contributed by atoms with Gasteiger partial charge < -0.3 is 5.32 Å². The summed E-state index contributed by atoms with van der Waals surface area (Å²) in [6, 6.07) is 0.769. The van der Waals surface area contributed by atoms with Gasteiger partial charge in [-0.1, -0.05) is 13.8 Å². The van der Waals surface area contributed by atoms with Gasteiger partial charge in [0.2, 0.25) is 0 Å². The molecule has 0 aromatic heterocycles. The van der Waals surface area contributed by atoms with E-state index in [9.17, 15) is 8.42 Å². The topological polar surface area (TPSA) is 46.2 Å². The van der Waals surface area contributed by atoms with Crippen molar-refractivity contribution < 1.29 is 8.42 Å². The molecule has 16 heavy (non-hydrogen) atoms. The zero-order chi connectivity index (χ0) is 12.2. The SMILES string of the molecule is CC(CCCS(C)(=O)=O)C(C)CNC1CC1. The molecule has 0 aliphatic heterocycles. The number of hydrogen-bond acceptors (Lipinski definition) is 3. The van der Waals surface area contributed by atoms with Gasteiger partial charge in [-0.2, -0.15) is 0 Å². The molecule has 0 aromatic rings. The van der Waals surface area contributed by atoms with Gasteiger partial charge in [0.05, 0.1) is 0 Å². The molecule has 1 fully saturated rings. The molecule has 0 bridgehead atoms. The summed E-state index contributed by atoms with van der Waals surface area (Å²) in [7, 11) is -2.78. The maximum Gasteiger partial charge on any atom is 0.147 e. The maximum absolute atomic E-state index is 11.0. The van der Waals surface area contributed by atoms with Crippen LogP contribution >= 0.6 is 0 Å². The van der Waals surface area contributed by atoms with E-state index in [1.54, 1.807) is 0 Å². The summed E-state index contributed by atoms with van der Waals surface area (Å²) in [4.78, 5) is 0. The van der Waals surface area contributed by atoms with Crippen molar-refractivity contribution >= 4 is 9.84 Å². The second-order valence-corrected chi connectivity index (χ2v) is 7.67. The maximum atomic E-state index is 11.0. The molecule has 0 heterocycles. The Labute approximate surface area is 99.9 Å². The second-order valence-electron chi connectivity index (χ2n) is 5.41. The molecule has 2 atom stereocenters. The quantitative estimate of drug-likeness (QED) is 0.712. The third-order valence-electron chi connectivity index (χ3n) is 3.45. The van der Waals surface area contributed by atoms with E-state index in [1.807, 2.05) is 0 Å². The van der Waals surface area contributed by atoms with Crippen molar-refractivity contribution in [3.63, 3.8) is 0 Å². The third kappa shape index (κ3) is 6.48. The number of rotatable bonds is 8. The highest BCUT2D eigenvalue weighted by Gasteiger charge is 2.22. The fourth-order valence-corrected chi connectivity index (χ4v) is 2.48. The summed E-state index contributed by atoms with van der Waals surface area (Å²) in [6.07, 6.45) is 5.79. The Morgan fingerprint density at radius 3 is 2.38 bits per heavy atom. The number of hydrogen-bond donors (Lipinski definition) is 1. The van der Waals surface area contributed by atoms with Crippen LogP contribution in [0.25, 0.3) is 0 Å². The lowest BCUT2D eigenvalue weighted by Crippen LogP contribution is -2.27. The molecule has 1 aliphatic carbocycles. The van der Waals surface area contributed by atoms with Crippen LogP contribution < -0.4 is 5.32 Å². The minimum Gasteiger partial charge on any atom is -0.314 e. The summed E-state index contributed by atoms with van der Waals surface area (Å²) in [5.41, 5.74) is 0. The molecule has 1 aliphatic rings. The van der Waals surface area contributed by atoms with Crippen molar-refractivity contribution in [2.45, 2.75) is 45.6 Å². The normalized spacial score (nSPS) is 20.7. The van der Waals surface area contributed by atoms with Crippen LogP contribution in [0.5, 0.6) is 0 Å². The first-order valence-electron chi connectivity index (χ1n) is 6.29. The van der Waals surface area contributed by atoms with Gasteiger partial charge in [0, 0.05) is 18.1 Å². The molecule has 3 nitrogen and oxygen atoms in total. The van der Waals surface area contributed by atoms with E-state index in [0.717, 1.165) is 25.4 Å². The van der Waals surface area contributed by atoms with Crippen molar-refractivity contribution in [2.24, 2.45) is 11.8 Å². The summed E-state index contributed by atoms with van der Waals surface area (Å²) < 4.78 is 22.0. The first kappa shape index (κ1) is 14.0. The van der Waals surface area contributed by atoms with E-state index in [2.05, 4.69) is 19.2 Å². The van der Waals surface area contributed by atoms with E-state index in [4.69, 9.17) is 0 Å². The Morgan fingerprint density at radius 2 is 1.88 bits per heavy atom. The van der Waals surface area contributed by atoms with E-state index in [-0.39, 0.29) is 0 Å². The highest BCUT2D eigenvalue weighted by Crippen LogP contribution is 2.21. The average molecular weight is 247 g/mol. The van der Waals surface area contributed by atoms with E-state index in [0.29, 0.717) is 17.6 Å². The fourth-order valence-electron chi connectivity index (χ4n) is 1.79. The van der Waals surface area contributed by atoms with Crippen molar-refractivity contribution in [2.75, 3.05) is 18.6 Å². The summed E-state index contributed by atoms with van der Waals surface area (Å²) in [6.45, 7) is 5.55. The second kappa shape index (κ2) is 6.01. The van der Waals surface area contributed by atoms with E-state index >= 15 is 0 Å².